The largest absolute Gasteiger partial charge is 2.00 e. The second kappa shape index (κ2) is 16.2. The van der Waals surface area contributed by atoms with Crippen molar-refractivity contribution in [2.75, 3.05) is 36.8 Å². The Kier molecular flexibility index (Phi) is 15.5. The average molecular weight is 608 g/mol. The second-order valence-corrected chi connectivity index (χ2v) is 9.00. The van der Waals surface area contributed by atoms with Crippen LogP contribution in [0.4, 0.5) is 11.4 Å². The molecule has 0 unspecified atom stereocenters. The summed E-state index contributed by atoms with van der Waals surface area (Å²) in [6.07, 6.45) is 1.88. The van der Waals surface area contributed by atoms with E-state index in [-0.39, 0.29) is 45.2 Å². The number of hydrogen-bond donors (Lipinski definition) is 2. The van der Waals surface area contributed by atoms with Crippen LogP contribution in [0.25, 0.3) is 0 Å². The third kappa shape index (κ3) is 10.1. The minimum absolute atomic E-state index is 0. The molecule has 0 saturated heterocycles. The number of rotatable bonds is 10. The van der Waals surface area contributed by atoms with E-state index in [1.54, 1.807) is 0 Å². The SMILES string of the molecule is Cc1cc(C)c(NCCN(CCNc2c(C)cc(C)cc2C)Cc2ccccn2)c(C)c1.[Cl-].[Cl-].[Pd+2]. The van der Waals surface area contributed by atoms with E-state index in [1.165, 1.54) is 44.8 Å². The Labute approximate surface area is 238 Å². The molecule has 0 saturated carbocycles. The maximum absolute atomic E-state index is 4.54. The number of nitrogens with one attached hydrogen (secondary N) is 2. The zero-order chi connectivity index (χ0) is 23.1. The van der Waals surface area contributed by atoms with Gasteiger partial charge >= 0.3 is 20.4 Å². The Morgan fingerprint density at radius 3 is 1.49 bits per heavy atom. The minimum atomic E-state index is 0. The molecule has 2 aromatic carbocycles. The maximum Gasteiger partial charge on any atom is 2.00 e. The zero-order valence-electron chi connectivity index (χ0n) is 21.6. The minimum Gasteiger partial charge on any atom is -1.00 e. The molecule has 1 heterocycles. The number of aryl methyl sites for hydroxylation is 6. The van der Waals surface area contributed by atoms with E-state index in [4.69, 9.17) is 0 Å². The Hall–Kier alpha value is -1.61. The number of aromatic nitrogens is 1. The van der Waals surface area contributed by atoms with Gasteiger partial charge in [-0.25, -0.2) is 0 Å². The molecule has 0 amide bonds. The van der Waals surface area contributed by atoms with Crippen molar-refractivity contribution in [1.82, 2.24) is 9.88 Å². The number of benzene rings is 2. The van der Waals surface area contributed by atoms with Crippen LogP contribution < -0.4 is 35.4 Å². The van der Waals surface area contributed by atoms with Crippen molar-refractivity contribution in [3.05, 3.63) is 87.7 Å². The molecule has 0 fully saturated rings. The summed E-state index contributed by atoms with van der Waals surface area (Å²) in [5.41, 5.74) is 11.5. The molecule has 3 rings (SSSR count). The third-order valence-corrected chi connectivity index (χ3v) is 5.93. The van der Waals surface area contributed by atoms with E-state index < -0.39 is 0 Å². The molecular formula is C28H38Cl2N4Pd. The topological polar surface area (TPSA) is 40.2 Å². The predicted octanol–water partition coefficient (Wildman–Crippen LogP) is -0.0362. The first-order valence-corrected chi connectivity index (χ1v) is 11.6. The van der Waals surface area contributed by atoms with Crippen LogP contribution in [-0.4, -0.2) is 36.1 Å². The number of pyridine rings is 1. The monoisotopic (exact) mass is 606 g/mol. The number of hydrogen-bond acceptors (Lipinski definition) is 4. The average Bonchev–Trinajstić information content (AvgIpc) is 2.72. The summed E-state index contributed by atoms with van der Waals surface area (Å²) in [4.78, 5) is 7.02. The molecule has 0 aliphatic heterocycles. The zero-order valence-corrected chi connectivity index (χ0v) is 24.7. The fraction of sp³-hybridized carbons (Fsp3) is 0.393. The van der Waals surface area contributed by atoms with Crippen LogP contribution in [0.3, 0.4) is 0 Å². The molecule has 0 aliphatic carbocycles. The van der Waals surface area contributed by atoms with Gasteiger partial charge in [0.15, 0.2) is 0 Å². The Morgan fingerprint density at radius 2 is 1.11 bits per heavy atom. The Morgan fingerprint density at radius 1 is 0.686 bits per heavy atom. The summed E-state index contributed by atoms with van der Waals surface area (Å²) in [6, 6.07) is 15.1. The van der Waals surface area contributed by atoms with Crippen molar-refractivity contribution < 1.29 is 45.2 Å². The van der Waals surface area contributed by atoms with Gasteiger partial charge in [0, 0.05) is 50.3 Å². The van der Waals surface area contributed by atoms with Crippen LogP contribution in [0.2, 0.25) is 0 Å². The van der Waals surface area contributed by atoms with Crippen LogP contribution in [0.15, 0.2) is 48.7 Å². The molecule has 0 aliphatic rings. The number of halogens is 2. The van der Waals surface area contributed by atoms with Gasteiger partial charge in [-0.3, -0.25) is 9.88 Å². The summed E-state index contributed by atoms with van der Waals surface area (Å²) in [5.74, 6) is 0. The molecule has 7 heteroatoms. The molecule has 194 valence electrons. The molecular weight excluding hydrogens is 570 g/mol. The molecule has 0 radical (unpaired) electrons. The first-order chi connectivity index (χ1) is 15.3. The van der Waals surface area contributed by atoms with Crippen LogP contribution in [0.1, 0.15) is 39.1 Å². The molecule has 0 spiro atoms. The quantitative estimate of drug-likeness (QED) is 0.318. The molecule has 0 atom stereocenters. The number of nitrogens with zero attached hydrogens (tertiary/aromatic N) is 2. The first-order valence-electron chi connectivity index (χ1n) is 11.6. The van der Waals surface area contributed by atoms with Gasteiger partial charge in [0.1, 0.15) is 0 Å². The van der Waals surface area contributed by atoms with Crippen molar-refractivity contribution in [3.8, 4) is 0 Å². The van der Waals surface area contributed by atoms with Gasteiger partial charge in [0.05, 0.1) is 5.69 Å². The van der Waals surface area contributed by atoms with E-state index in [0.29, 0.717) is 0 Å². The van der Waals surface area contributed by atoms with Crippen molar-refractivity contribution in [2.45, 2.75) is 48.1 Å². The van der Waals surface area contributed by atoms with E-state index in [2.05, 4.69) is 98.5 Å². The van der Waals surface area contributed by atoms with Gasteiger partial charge in [0.25, 0.3) is 0 Å². The van der Waals surface area contributed by atoms with Gasteiger partial charge in [-0.15, -0.1) is 0 Å². The Balaban J connectivity index is 0.00000385. The van der Waals surface area contributed by atoms with Crippen LogP contribution in [0.5, 0.6) is 0 Å². The fourth-order valence-corrected chi connectivity index (χ4v) is 4.59. The van der Waals surface area contributed by atoms with Crippen molar-refractivity contribution in [3.63, 3.8) is 0 Å². The first kappa shape index (κ1) is 33.4. The predicted molar refractivity (Wildman–Crippen MR) is 138 cm³/mol. The van der Waals surface area contributed by atoms with E-state index in [1.807, 2.05) is 12.3 Å². The number of anilines is 2. The molecule has 2 N–H and O–H groups in total. The second-order valence-electron chi connectivity index (χ2n) is 9.00. The summed E-state index contributed by atoms with van der Waals surface area (Å²) < 4.78 is 0. The van der Waals surface area contributed by atoms with Gasteiger partial charge < -0.3 is 35.4 Å². The van der Waals surface area contributed by atoms with E-state index in [9.17, 15) is 0 Å². The third-order valence-electron chi connectivity index (χ3n) is 5.93. The van der Waals surface area contributed by atoms with Gasteiger partial charge in [-0.2, -0.15) is 0 Å². The van der Waals surface area contributed by atoms with E-state index in [0.717, 1.165) is 38.4 Å². The van der Waals surface area contributed by atoms with Crippen molar-refractivity contribution in [2.24, 2.45) is 0 Å². The summed E-state index contributed by atoms with van der Waals surface area (Å²) in [6.45, 7) is 17.6. The van der Waals surface area contributed by atoms with Crippen molar-refractivity contribution in [1.29, 1.82) is 0 Å². The van der Waals surface area contributed by atoms with Crippen LogP contribution in [-0.2, 0) is 27.0 Å². The van der Waals surface area contributed by atoms with E-state index >= 15 is 0 Å². The van der Waals surface area contributed by atoms with Gasteiger partial charge in [-0.05, 0) is 75.9 Å². The smallest absolute Gasteiger partial charge is 1.00 e. The van der Waals surface area contributed by atoms with Crippen LogP contribution in [0, 0.1) is 41.5 Å². The van der Waals surface area contributed by atoms with Gasteiger partial charge in [-0.1, -0.05) is 41.5 Å². The molecule has 0 bridgehead atoms. The van der Waals surface area contributed by atoms with Crippen molar-refractivity contribution >= 4 is 11.4 Å². The van der Waals surface area contributed by atoms with Crippen LogP contribution >= 0.6 is 0 Å². The molecule has 4 nitrogen and oxygen atoms in total. The Bertz CT molecular complexity index is 935. The standard InChI is InChI=1S/C28H38N4.2ClH.Pd/c1-20-15-22(3)27(23(4)16-20)30-11-13-32(19-26-9-7-8-10-29-26)14-12-31-28-24(5)17-21(2)18-25(28)6;;;/h7-10,15-18,30-31H,11-14,19H2,1-6H3;2*1H;/q;;;+2/p-2. The van der Waals surface area contributed by atoms with Gasteiger partial charge in [0.2, 0.25) is 0 Å². The summed E-state index contributed by atoms with van der Waals surface area (Å²) >= 11 is 0. The maximum atomic E-state index is 4.54. The molecule has 35 heavy (non-hydrogen) atoms. The molecule has 1 aromatic heterocycles. The normalized spacial score (nSPS) is 10.1. The summed E-state index contributed by atoms with van der Waals surface area (Å²) in [7, 11) is 0. The summed E-state index contributed by atoms with van der Waals surface area (Å²) in [5, 5.41) is 7.35. The molecule has 3 aromatic rings. The fourth-order valence-electron chi connectivity index (χ4n) is 4.59.